The third-order valence-corrected chi connectivity index (χ3v) is 6.34. The van der Waals surface area contributed by atoms with E-state index in [-0.39, 0.29) is 11.8 Å². The molecule has 0 bridgehead atoms. The molecule has 4 rings (SSSR count). The van der Waals surface area contributed by atoms with E-state index in [1.807, 2.05) is 6.07 Å². The standard InChI is InChI=1S/C24H33N5O/c1-19-4-2-13-28(17-19)18-21-7-5-20(6-8-21)16-27-23(30)22-9-14-29(15-10-22)24-25-11-3-12-26-24/h3,5-8,11-12,19,22H,2,4,9-10,13-18H2,1H3,(H,27,30). The zero-order chi connectivity index (χ0) is 20.8. The molecule has 2 saturated heterocycles. The van der Waals surface area contributed by atoms with Crippen LogP contribution < -0.4 is 10.2 Å². The summed E-state index contributed by atoms with van der Waals surface area (Å²) < 4.78 is 0. The second kappa shape index (κ2) is 10.0. The molecule has 1 N–H and O–H groups in total. The van der Waals surface area contributed by atoms with Gasteiger partial charge in [-0.05, 0) is 55.3 Å². The number of amides is 1. The molecule has 0 spiro atoms. The summed E-state index contributed by atoms with van der Waals surface area (Å²) in [5.74, 6) is 1.80. The lowest BCUT2D eigenvalue weighted by atomic mass is 9.96. The number of carbonyl (C=O) groups excluding carboxylic acids is 1. The summed E-state index contributed by atoms with van der Waals surface area (Å²) in [6, 6.07) is 10.5. The zero-order valence-electron chi connectivity index (χ0n) is 18.0. The van der Waals surface area contributed by atoms with Crippen LogP contribution in [0, 0.1) is 11.8 Å². The van der Waals surface area contributed by atoms with Crippen molar-refractivity contribution >= 4 is 11.9 Å². The summed E-state index contributed by atoms with van der Waals surface area (Å²) in [5, 5.41) is 3.13. The molecule has 3 heterocycles. The fraction of sp³-hybridized carbons (Fsp3) is 0.542. The topological polar surface area (TPSA) is 61.4 Å². The Hall–Kier alpha value is -2.47. The number of rotatable bonds is 6. The van der Waals surface area contributed by atoms with Gasteiger partial charge in [-0.2, -0.15) is 0 Å². The van der Waals surface area contributed by atoms with Crippen molar-refractivity contribution in [1.29, 1.82) is 0 Å². The quantitative estimate of drug-likeness (QED) is 0.797. The van der Waals surface area contributed by atoms with Crippen LogP contribution in [0.15, 0.2) is 42.7 Å². The van der Waals surface area contributed by atoms with Gasteiger partial charge < -0.3 is 10.2 Å². The van der Waals surface area contributed by atoms with Crippen LogP contribution in [0.4, 0.5) is 5.95 Å². The van der Waals surface area contributed by atoms with E-state index in [1.165, 1.54) is 31.5 Å². The fourth-order valence-corrected chi connectivity index (χ4v) is 4.58. The van der Waals surface area contributed by atoms with Gasteiger partial charge in [-0.1, -0.05) is 31.2 Å². The van der Waals surface area contributed by atoms with Crippen molar-refractivity contribution in [3.63, 3.8) is 0 Å². The third-order valence-electron chi connectivity index (χ3n) is 6.34. The van der Waals surface area contributed by atoms with Crippen LogP contribution in [0.2, 0.25) is 0 Å². The van der Waals surface area contributed by atoms with E-state index in [1.54, 1.807) is 12.4 Å². The number of hydrogen-bond donors (Lipinski definition) is 1. The van der Waals surface area contributed by atoms with Gasteiger partial charge in [0, 0.05) is 51.0 Å². The Kier molecular flexibility index (Phi) is 6.95. The fourth-order valence-electron chi connectivity index (χ4n) is 4.58. The maximum atomic E-state index is 12.6. The lowest BCUT2D eigenvalue weighted by molar-refractivity contribution is -0.125. The lowest BCUT2D eigenvalue weighted by Gasteiger charge is -2.31. The van der Waals surface area contributed by atoms with Gasteiger partial charge in [0.2, 0.25) is 11.9 Å². The van der Waals surface area contributed by atoms with Crippen molar-refractivity contribution in [2.45, 2.75) is 45.7 Å². The number of nitrogens with zero attached hydrogens (tertiary/aromatic N) is 4. The molecule has 160 valence electrons. The molecule has 1 atom stereocenters. The van der Waals surface area contributed by atoms with E-state index in [0.29, 0.717) is 6.54 Å². The molecule has 30 heavy (non-hydrogen) atoms. The van der Waals surface area contributed by atoms with Gasteiger partial charge in [-0.15, -0.1) is 0 Å². The Labute approximate surface area is 179 Å². The van der Waals surface area contributed by atoms with Crippen molar-refractivity contribution in [3.8, 4) is 0 Å². The number of benzene rings is 1. The van der Waals surface area contributed by atoms with Gasteiger partial charge in [0.1, 0.15) is 0 Å². The first-order valence-electron chi connectivity index (χ1n) is 11.3. The summed E-state index contributed by atoms with van der Waals surface area (Å²) in [6.45, 7) is 8.03. The van der Waals surface area contributed by atoms with E-state index >= 15 is 0 Å². The predicted octanol–water partition coefficient (Wildman–Crippen LogP) is 3.24. The monoisotopic (exact) mass is 407 g/mol. The largest absolute Gasteiger partial charge is 0.352 e. The van der Waals surface area contributed by atoms with Crippen molar-refractivity contribution in [1.82, 2.24) is 20.2 Å². The Balaban J connectivity index is 1.20. The van der Waals surface area contributed by atoms with Crippen molar-refractivity contribution in [2.24, 2.45) is 11.8 Å². The maximum Gasteiger partial charge on any atom is 0.225 e. The molecule has 0 radical (unpaired) electrons. The van der Waals surface area contributed by atoms with Crippen LogP contribution >= 0.6 is 0 Å². The SMILES string of the molecule is CC1CCCN(Cc2ccc(CNC(=O)C3CCN(c4ncccn4)CC3)cc2)C1. The van der Waals surface area contributed by atoms with Crippen LogP contribution in [0.3, 0.4) is 0 Å². The van der Waals surface area contributed by atoms with Gasteiger partial charge in [-0.3, -0.25) is 9.69 Å². The highest BCUT2D eigenvalue weighted by Gasteiger charge is 2.25. The van der Waals surface area contributed by atoms with E-state index in [2.05, 4.69) is 56.3 Å². The molecule has 2 aromatic rings. The van der Waals surface area contributed by atoms with Crippen LogP contribution in [0.25, 0.3) is 0 Å². The number of hydrogen-bond acceptors (Lipinski definition) is 5. The molecule has 2 aliphatic heterocycles. The number of nitrogens with one attached hydrogen (secondary N) is 1. The van der Waals surface area contributed by atoms with Crippen molar-refractivity contribution < 1.29 is 4.79 Å². The summed E-state index contributed by atoms with van der Waals surface area (Å²) in [4.78, 5) is 25.9. The number of aromatic nitrogens is 2. The van der Waals surface area contributed by atoms with Crippen LogP contribution in [0.1, 0.15) is 43.7 Å². The Bertz CT molecular complexity index is 802. The lowest BCUT2D eigenvalue weighted by Crippen LogP contribution is -2.41. The molecule has 1 amide bonds. The van der Waals surface area contributed by atoms with Gasteiger partial charge in [0.25, 0.3) is 0 Å². The predicted molar refractivity (Wildman–Crippen MR) is 119 cm³/mol. The summed E-state index contributed by atoms with van der Waals surface area (Å²) in [5.41, 5.74) is 2.52. The molecule has 0 saturated carbocycles. The molecule has 2 aliphatic rings. The van der Waals surface area contributed by atoms with Gasteiger partial charge in [-0.25, -0.2) is 9.97 Å². The minimum absolute atomic E-state index is 0.0744. The van der Waals surface area contributed by atoms with E-state index in [9.17, 15) is 4.79 Å². The molecular weight excluding hydrogens is 374 g/mol. The summed E-state index contributed by atoms with van der Waals surface area (Å²) in [6.07, 6.45) is 7.88. The summed E-state index contributed by atoms with van der Waals surface area (Å²) >= 11 is 0. The van der Waals surface area contributed by atoms with Gasteiger partial charge >= 0.3 is 0 Å². The average molecular weight is 408 g/mol. The third kappa shape index (κ3) is 5.57. The van der Waals surface area contributed by atoms with Crippen molar-refractivity contribution in [3.05, 3.63) is 53.9 Å². The average Bonchev–Trinajstić information content (AvgIpc) is 2.79. The van der Waals surface area contributed by atoms with E-state index in [4.69, 9.17) is 0 Å². The Morgan fingerprint density at radius 3 is 2.43 bits per heavy atom. The van der Waals surface area contributed by atoms with Gasteiger partial charge in [0.15, 0.2) is 0 Å². The molecule has 6 nitrogen and oxygen atoms in total. The minimum atomic E-state index is 0.0744. The molecule has 0 aliphatic carbocycles. The zero-order valence-corrected chi connectivity index (χ0v) is 18.0. The minimum Gasteiger partial charge on any atom is -0.352 e. The molecule has 1 unspecified atom stereocenters. The van der Waals surface area contributed by atoms with Gasteiger partial charge in [0.05, 0.1) is 0 Å². The maximum absolute atomic E-state index is 12.6. The van der Waals surface area contributed by atoms with Crippen LogP contribution in [0.5, 0.6) is 0 Å². The molecule has 2 fully saturated rings. The van der Waals surface area contributed by atoms with E-state index < -0.39 is 0 Å². The van der Waals surface area contributed by atoms with Crippen LogP contribution in [-0.2, 0) is 17.9 Å². The first kappa shape index (κ1) is 20.8. The number of carbonyl (C=O) groups is 1. The Morgan fingerprint density at radius 2 is 1.73 bits per heavy atom. The van der Waals surface area contributed by atoms with Crippen LogP contribution in [-0.4, -0.2) is 47.0 Å². The van der Waals surface area contributed by atoms with E-state index in [0.717, 1.165) is 49.9 Å². The first-order chi connectivity index (χ1) is 14.7. The van der Waals surface area contributed by atoms with Crippen molar-refractivity contribution in [2.75, 3.05) is 31.1 Å². The highest BCUT2D eigenvalue weighted by Crippen LogP contribution is 2.21. The molecule has 1 aromatic carbocycles. The molecule has 1 aromatic heterocycles. The second-order valence-corrected chi connectivity index (χ2v) is 8.83. The molecule has 6 heteroatoms. The number of piperidine rings is 2. The normalized spacial score (nSPS) is 20.8. The smallest absolute Gasteiger partial charge is 0.225 e. The first-order valence-corrected chi connectivity index (χ1v) is 11.3. The Morgan fingerprint density at radius 1 is 1.03 bits per heavy atom. The highest BCUT2D eigenvalue weighted by atomic mass is 16.1. The molecular formula is C24H33N5O. The number of likely N-dealkylation sites (tertiary alicyclic amines) is 1. The highest BCUT2D eigenvalue weighted by molar-refractivity contribution is 5.78. The summed E-state index contributed by atoms with van der Waals surface area (Å²) in [7, 11) is 0. The second-order valence-electron chi connectivity index (χ2n) is 8.83. The number of anilines is 1.